The van der Waals surface area contributed by atoms with Crippen molar-refractivity contribution in [1.29, 1.82) is 0 Å². The van der Waals surface area contributed by atoms with Gasteiger partial charge in [0.05, 0.1) is 0 Å². The minimum absolute atomic E-state index is 0.519. The van der Waals surface area contributed by atoms with Crippen molar-refractivity contribution in [3.8, 4) is 5.75 Å². The highest BCUT2D eigenvalue weighted by Gasteiger charge is 2.28. The fourth-order valence-electron chi connectivity index (χ4n) is 0.832. The summed E-state index contributed by atoms with van der Waals surface area (Å²) in [6.45, 7) is 1.20. The molecule has 1 aromatic carbocycles. The van der Waals surface area contributed by atoms with Gasteiger partial charge >= 0.3 is 6.11 Å². The summed E-state index contributed by atoms with van der Waals surface area (Å²) in [7, 11) is 0. The molecule has 0 bridgehead atoms. The first kappa shape index (κ1) is 10.8. The van der Waals surface area contributed by atoms with Crippen molar-refractivity contribution in [3.63, 3.8) is 0 Å². The average Bonchev–Trinajstić information content (AvgIpc) is 2.01. The predicted octanol–water partition coefficient (Wildman–Crippen LogP) is 3.35. The number of ether oxygens (including phenoxy) is 1. The van der Waals surface area contributed by atoms with Crippen molar-refractivity contribution in [1.82, 2.24) is 0 Å². The van der Waals surface area contributed by atoms with E-state index in [9.17, 15) is 17.6 Å². The summed E-state index contributed by atoms with van der Waals surface area (Å²) >= 11 is 0. The number of benzene rings is 1. The third kappa shape index (κ3) is 2.90. The average molecular weight is 208 g/mol. The number of hydrogen-bond donors (Lipinski definition) is 0. The summed E-state index contributed by atoms with van der Waals surface area (Å²) in [5.41, 5.74) is 0. The second-order valence-corrected chi connectivity index (χ2v) is 2.70. The van der Waals surface area contributed by atoms with E-state index in [0.717, 1.165) is 0 Å². The zero-order valence-corrected chi connectivity index (χ0v) is 7.36. The molecular weight excluding hydrogens is 200 g/mol. The maximum Gasteiger partial charge on any atom is 0.397 e. The van der Waals surface area contributed by atoms with Gasteiger partial charge in [-0.25, -0.2) is 8.78 Å². The van der Waals surface area contributed by atoms with Gasteiger partial charge in [-0.1, -0.05) is 6.92 Å². The van der Waals surface area contributed by atoms with E-state index >= 15 is 0 Å². The highest BCUT2D eigenvalue weighted by Crippen LogP contribution is 2.25. The normalized spacial score (nSPS) is 11.5. The second-order valence-electron chi connectivity index (χ2n) is 2.70. The van der Waals surface area contributed by atoms with Crippen LogP contribution in [-0.4, -0.2) is 6.11 Å². The van der Waals surface area contributed by atoms with Gasteiger partial charge in [-0.3, -0.25) is 0 Å². The molecule has 0 spiro atoms. The van der Waals surface area contributed by atoms with E-state index in [1.807, 2.05) is 0 Å². The van der Waals surface area contributed by atoms with Crippen LogP contribution in [0.2, 0.25) is 0 Å². The Hall–Kier alpha value is -1.26. The topological polar surface area (TPSA) is 9.23 Å². The minimum Gasteiger partial charge on any atom is -0.432 e. The molecule has 0 fully saturated rings. The Bertz CT molecular complexity index is 304. The van der Waals surface area contributed by atoms with Crippen molar-refractivity contribution in [2.75, 3.05) is 0 Å². The third-order valence-corrected chi connectivity index (χ3v) is 1.51. The fraction of sp³-hybridized carbons (Fsp3) is 0.333. The van der Waals surface area contributed by atoms with Crippen molar-refractivity contribution >= 4 is 0 Å². The standard InChI is InChI=1S/C9H8F4O/c1-2-9(12,13)14-8-4-6(10)3-7(11)5-8/h3-5H,2H2,1H3. The fourth-order valence-corrected chi connectivity index (χ4v) is 0.832. The number of alkyl halides is 2. The molecule has 0 unspecified atom stereocenters. The predicted molar refractivity (Wildman–Crippen MR) is 42.2 cm³/mol. The Morgan fingerprint density at radius 2 is 1.64 bits per heavy atom. The van der Waals surface area contributed by atoms with Crippen LogP contribution in [0.5, 0.6) is 5.75 Å². The van der Waals surface area contributed by atoms with Gasteiger partial charge in [0.2, 0.25) is 0 Å². The molecule has 0 radical (unpaired) electrons. The van der Waals surface area contributed by atoms with Crippen LogP contribution >= 0.6 is 0 Å². The molecule has 0 aliphatic rings. The first-order valence-electron chi connectivity index (χ1n) is 3.96. The molecule has 0 atom stereocenters. The molecule has 78 valence electrons. The third-order valence-electron chi connectivity index (χ3n) is 1.51. The summed E-state index contributed by atoms with van der Waals surface area (Å²) in [6, 6.07) is 1.98. The van der Waals surface area contributed by atoms with Crippen LogP contribution < -0.4 is 4.74 Å². The van der Waals surface area contributed by atoms with E-state index in [-0.39, 0.29) is 0 Å². The van der Waals surface area contributed by atoms with Crippen LogP contribution in [-0.2, 0) is 0 Å². The summed E-state index contributed by atoms with van der Waals surface area (Å²) in [6.07, 6.45) is -3.97. The Morgan fingerprint density at radius 1 is 1.14 bits per heavy atom. The zero-order valence-electron chi connectivity index (χ0n) is 7.36. The van der Waals surface area contributed by atoms with Gasteiger partial charge in [0.1, 0.15) is 17.4 Å². The van der Waals surface area contributed by atoms with Crippen molar-refractivity contribution in [2.45, 2.75) is 19.5 Å². The largest absolute Gasteiger partial charge is 0.432 e. The monoisotopic (exact) mass is 208 g/mol. The summed E-state index contributed by atoms with van der Waals surface area (Å²) in [5.74, 6) is -2.42. The SMILES string of the molecule is CCC(F)(F)Oc1cc(F)cc(F)c1. The first-order chi connectivity index (χ1) is 6.43. The molecule has 0 aliphatic heterocycles. The zero-order chi connectivity index (χ0) is 10.8. The minimum atomic E-state index is -3.40. The van der Waals surface area contributed by atoms with E-state index in [1.54, 1.807) is 0 Å². The molecular formula is C9H8F4O. The first-order valence-corrected chi connectivity index (χ1v) is 3.96. The van der Waals surface area contributed by atoms with E-state index < -0.39 is 29.9 Å². The molecule has 14 heavy (non-hydrogen) atoms. The van der Waals surface area contributed by atoms with Crippen LogP contribution in [0, 0.1) is 11.6 Å². The van der Waals surface area contributed by atoms with Gasteiger partial charge in [0.25, 0.3) is 0 Å². The van der Waals surface area contributed by atoms with E-state index in [2.05, 4.69) is 4.74 Å². The van der Waals surface area contributed by atoms with Crippen LogP contribution in [0.1, 0.15) is 13.3 Å². The van der Waals surface area contributed by atoms with E-state index in [1.165, 1.54) is 6.92 Å². The lowest BCUT2D eigenvalue weighted by molar-refractivity contribution is -0.177. The van der Waals surface area contributed by atoms with Gasteiger partial charge in [-0.15, -0.1) is 0 Å². The lowest BCUT2D eigenvalue weighted by atomic mass is 10.3. The summed E-state index contributed by atoms with van der Waals surface area (Å²) in [5, 5.41) is 0. The lowest BCUT2D eigenvalue weighted by Crippen LogP contribution is -2.23. The molecule has 1 nitrogen and oxygen atoms in total. The van der Waals surface area contributed by atoms with Gasteiger partial charge in [-0.05, 0) is 0 Å². The Labute approximate surface area is 78.3 Å². The van der Waals surface area contributed by atoms with Gasteiger partial charge in [0, 0.05) is 24.6 Å². The molecule has 0 N–H and O–H groups in total. The number of hydrogen-bond acceptors (Lipinski definition) is 1. The van der Waals surface area contributed by atoms with Crippen molar-refractivity contribution in [2.24, 2.45) is 0 Å². The maximum atomic E-state index is 12.6. The quantitative estimate of drug-likeness (QED) is 0.692. The molecule has 0 aromatic heterocycles. The molecule has 1 rings (SSSR count). The molecule has 0 saturated carbocycles. The summed E-state index contributed by atoms with van der Waals surface area (Å²) in [4.78, 5) is 0. The van der Waals surface area contributed by atoms with Crippen LogP contribution in [0.3, 0.4) is 0 Å². The van der Waals surface area contributed by atoms with E-state index in [0.29, 0.717) is 18.2 Å². The van der Waals surface area contributed by atoms with Gasteiger partial charge < -0.3 is 4.74 Å². The molecule has 0 aliphatic carbocycles. The van der Waals surface area contributed by atoms with Gasteiger partial charge in [0.15, 0.2) is 0 Å². The van der Waals surface area contributed by atoms with Crippen LogP contribution in [0.4, 0.5) is 17.6 Å². The second kappa shape index (κ2) is 3.86. The van der Waals surface area contributed by atoms with Gasteiger partial charge in [-0.2, -0.15) is 8.78 Å². The summed E-state index contributed by atoms with van der Waals surface area (Å²) < 4.78 is 54.5. The van der Waals surface area contributed by atoms with E-state index in [4.69, 9.17) is 0 Å². The maximum absolute atomic E-state index is 12.6. The Morgan fingerprint density at radius 3 is 2.07 bits per heavy atom. The molecule has 0 amide bonds. The molecule has 5 heteroatoms. The Kier molecular flexibility index (Phi) is 2.98. The number of halogens is 4. The molecule has 0 heterocycles. The highest BCUT2D eigenvalue weighted by atomic mass is 19.3. The highest BCUT2D eigenvalue weighted by molar-refractivity contribution is 5.24. The lowest BCUT2D eigenvalue weighted by Gasteiger charge is -2.15. The van der Waals surface area contributed by atoms with Crippen molar-refractivity contribution in [3.05, 3.63) is 29.8 Å². The van der Waals surface area contributed by atoms with Crippen LogP contribution in [0.15, 0.2) is 18.2 Å². The smallest absolute Gasteiger partial charge is 0.397 e. The molecule has 0 saturated heterocycles. The Balaban J connectivity index is 2.87. The van der Waals surface area contributed by atoms with Crippen molar-refractivity contribution < 1.29 is 22.3 Å². The van der Waals surface area contributed by atoms with Crippen LogP contribution in [0.25, 0.3) is 0 Å². The number of rotatable bonds is 3. The molecule has 1 aromatic rings.